The number of carbonyl (C=O) groups excluding carboxylic acids is 1. The number of rotatable bonds is 7. The molecule has 2 aliphatic heterocycles. The molecule has 0 spiro atoms. The van der Waals surface area contributed by atoms with Gasteiger partial charge in [-0.3, -0.25) is 14.7 Å². The molecule has 0 radical (unpaired) electrons. The molecule has 5 heterocycles. The van der Waals surface area contributed by atoms with Crippen molar-refractivity contribution in [3.05, 3.63) is 88.9 Å². The molecule has 3 N–H and O–H groups in total. The molecular weight excluding hydrogens is 606 g/mol. The standard InChI is InChI=1S/C35H32F2N6O4/c1-35(46)16-42(17-35)14-19-2-5-27(38-13-19)28-12-24-32(39-18-40-33(24)41-28)23-10-22(36)11-29(25(23)15-44)43-6-7-47-30-9-21(20-3-4-20)8-26(37)31(30)34(43)45/h2,5,8-13,18,20,44,46H,3-4,6-7,14-17H2,1H3,(H,39,40,41). The Morgan fingerprint density at radius 2 is 1.91 bits per heavy atom. The van der Waals surface area contributed by atoms with Crippen molar-refractivity contribution in [1.82, 2.24) is 24.8 Å². The third-order valence-corrected chi connectivity index (χ3v) is 9.11. The quantitative estimate of drug-likeness (QED) is 0.229. The van der Waals surface area contributed by atoms with Crippen molar-refractivity contribution in [2.75, 3.05) is 31.1 Å². The molecule has 5 aromatic rings. The summed E-state index contributed by atoms with van der Waals surface area (Å²) in [5.41, 5.74) is 3.77. The minimum atomic E-state index is -0.684. The van der Waals surface area contributed by atoms with Crippen molar-refractivity contribution in [3.8, 4) is 28.4 Å². The number of halogens is 2. The topological polar surface area (TPSA) is 128 Å². The molecule has 0 atom stereocenters. The van der Waals surface area contributed by atoms with Crippen LogP contribution in [0.25, 0.3) is 33.7 Å². The van der Waals surface area contributed by atoms with E-state index < -0.39 is 29.7 Å². The van der Waals surface area contributed by atoms with Gasteiger partial charge in [0, 0.05) is 42.3 Å². The Morgan fingerprint density at radius 3 is 2.64 bits per heavy atom. The van der Waals surface area contributed by atoms with E-state index in [1.807, 2.05) is 25.1 Å². The zero-order valence-electron chi connectivity index (χ0n) is 25.6. The van der Waals surface area contributed by atoms with Gasteiger partial charge >= 0.3 is 0 Å². The summed E-state index contributed by atoms with van der Waals surface area (Å²) in [4.78, 5) is 34.0. The van der Waals surface area contributed by atoms with Crippen LogP contribution in [0, 0.1) is 11.6 Å². The second-order valence-electron chi connectivity index (χ2n) is 12.9. The minimum Gasteiger partial charge on any atom is -0.491 e. The summed E-state index contributed by atoms with van der Waals surface area (Å²) in [6.45, 7) is 3.27. The average Bonchev–Trinajstić information content (AvgIpc) is 3.82. The van der Waals surface area contributed by atoms with Gasteiger partial charge in [0.1, 0.15) is 41.5 Å². The fourth-order valence-corrected chi connectivity index (χ4v) is 6.79. The van der Waals surface area contributed by atoms with Gasteiger partial charge in [0.25, 0.3) is 5.91 Å². The number of aromatic amines is 1. The number of aromatic nitrogens is 4. The van der Waals surface area contributed by atoms with Crippen LogP contribution in [-0.4, -0.2) is 72.8 Å². The second-order valence-corrected chi connectivity index (χ2v) is 12.9. The lowest BCUT2D eigenvalue weighted by atomic mass is 9.96. The monoisotopic (exact) mass is 638 g/mol. The Labute approximate surface area is 268 Å². The van der Waals surface area contributed by atoms with Gasteiger partial charge < -0.3 is 24.8 Å². The smallest absolute Gasteiger partial charge is 0.265 e. The number of amides is 1. The van der Waals surface area contributed by atoms with Gasteiger partial charge in [-0.1, -0.05) is 6.07 Å². The second kappa shape index (κ2) is 11.2. The van der Waals surface area contributed by atoms with E-state index in [9.17, 15) is 15.0 Å². The van der Waals surface area contributed by atoms with Crippen LogP contribution in [0.4, 0.5) is 14.5 Å². The molecule has 8 rings (SSSR count). The van der Waals surface area contributed by atoms with Crippen molar-refractivity contribution in [1.29, 1.82) is 0 Å². The maximum Gasteiger partial charge on any atom is 0.265 e. The highest BCUT2D eigenvalue weighted by molar-refractivity contribution is 6.09. The van der Waals surface area contributed by atoms with Gasteiger partial charge in [0.2, 0.25) is 0 Å². The number of carbonyl (C=O) groups is 1. The van der Waals surface area contributed by atoms with E-state index >= 15 is 8.78 Å². The highest BCUT2D eigenvalue weighted by atomic mass is 19.1. The van der Waals surface area contributed by atoms with Crippen LogP contribution in [0.5, 0.6) is 5.75 Å². The molecule has 0 unspecified atom stereocenters. The molecule has 10 nitrogen and oxygen atoms in total. The Hall–Kier alpha value is -4.78. The third-order valence-electron chi connectivity index (χ3n) is 9.11. The summed E-state index contributed by atoms with van der Waals surface area (Å²) in [5.74, 6) is -1.57. The Bertz CT molecular complexity index is 2030. The van der Waals surface area contributed by atoms with Gasteiger partial charge in [0.15, 0.2) is 0 Å². The van der Waals surface area contributed by atoms with Gasteiger partial charge in [-0.2, -0.15) is 0 Å². The summed E-state index contributed by atoms with van der Waals surface area (Å²) in [6.07, 6.45) is 5.07. The summed E-state index contributed by atoms with van der Waals surface area (Å²) in [6, 6.07) is 11.2. The maximum atomic E-state index is 15.4. The molecule has 1 aliphatic carbocycles. The zero-order valence-corrected chi connectivity index (χ0v) is 25.6. The van der Waals surface area contributed by atoms with Gasteiger partial charge in [-0.15, -0.1) is 0 Å². The molecule has 12 heteroatoms. The van der Waals surface area contributed by atoms with Gasteiger partial charge in [-0.05, 0) is 73.2 Å². The van der Waals surface area contributed by atoms with Crippen molar-refractivity contribution < 1.29 is 28.5 Å². The molecular formula is C35H32F2N6O4. The first-order chi connectivity index (χ1) is 22.7. The first kappa shape index (κ1) is 29.6. The summed E-state index contributed by atoms with van der Waals surface area (Å²) in [7, 11) is 0. The highest BCUT2D eigenvalue weighted by Gasteiger charge is 2.36. The first-order valence-electron chi connectivity index (χ1n) is 15.6. The Morgan fingerprint density at radius 1 is 1.09 bits per heavy atom. The number of H-pyrrole nitrogens is 1. The molecule has 2 aromatic carbocycles. The van der Waals surface area contributed by atoms with Crippen LogP contribution in [0.1, 0.15) is 52.7 Å². The molecule has 3 aliphatic rings. The zero-order chi connectivity index (χ0) is 32.4. The maximum absolute atomic E-state index is 15.4. The highest BCUT2D eigenvalue weighted by Crippen LogP contribution is 2.44. The number of anilines is 1. The number of β-amino-alcohol motifs (C(OH)–C–C–N with tert-alkyl or cyclic N) is 1. The third kappa shape index (κ3) is 5.41. The van der Waals surface area contributed by atoms with Crippen molar-refractivity contribution >= 4 is 22.6 Å². The molecule has 3 aromatic heterocycles. The summed E-state index contributed by atoms with van der Waals surface area (Å²) < 4.78 is 36.6. The van der Waals surface area contributed by atoms with Crippen LogP contribution in [0.3, 0.4) is 0 Å². The van der Waals surface area contributed by atoms with E-state index in [1.165, 1.54) is 29.4 Å². The van der Waals surface area contributed by atoms with Gasteiger partial charge in [-0.25, -0.2) is 18.7 Å². The molecule has 0 bridgehead atoms. The number of hydrogen-bond donors (Lipinski definition) is 3. The van der Waals surface area contributed by atoms with Crippen molar-refractivity contribution in [2.24, 2.45) is 0 Å². The van der Waals surface area contributed by atoms with E-state index in [0.29, 0.717) is 47.7 Å². The lowest BCUT2D eigenvalue weighted by Crippen LogP contribution is -2.59. The minimum absolute atomic E-state index is 0.0217. The van der Waals surface area contributed by atoms with E-state index in [1.54, 1.807) is 12.3 Å². The lowest BCUT2D eigenvalue weighted by Gasteiger charge is -2.44. The molecule has 1 saturated heterocycles. The first-order valence-corrected chi connectivity index (χ1v) is 15.6. The number of hydrogen-bond acceptors (Lipinski definition) is 8. The molecule has 47 heavy (non-hydrogen) atoms. The average molecular weight is 639 g/mol. The number of likely N-dealkylation sites (tertiary alicyclic amines) is 1. The predicted octanol–water partition coefficient (Wildman–Crippen LogP) is 4.94. The number of benzene rings is 2. The number of ether oxygens (including phenoxy) is 1. The largest absolute Gasteiger partial charge is 0.491 e. The predicted molar refractivity (Wildman–Crippen MR) is 170 cm³/mol. The molecule has 1 saturated carbocycles. The van der Waals surface area contributed by atoms with Crippen molar-refractivity contribution in [2.45, 2.75) is 44.4 Å². The van der Waals surface area contributed by atoms with E-state index in [-0.39, 0.29) is 47.2 Å². The van der Waals surface area contributed by atoms with Crippen LogP contribution in [-0.2, 0) is 13.2 Å². The van der Waals surface area contributed by atoms with Gasteiger partial charge in [0.05, 0.1) is 41.5 Å². The normalized spacial score (nSPS) is 17.7. The SMILES string of the molecule is CC1(O)CN(Cc2ccc(-c3cc4c(-c5cc(F)cc(N6CCOc7cc(C8CC8)cc(F)c7C6=O)c5CO)ncnc4[nH]3)nc2)C1. The Balaban J connectivity index is 1.14. The fraction of sp³-hybridized carbons (Fsp3) is 0.314. The number of fused-ring (bicyclic) bond motifs is 2. The van der Waals surface area contributed by atoms with Crippen molar-refractivity contribution in [3.63, 3.8) is 0 Å². The van der Waals surface area contributed by atoms with E-state index in [0.717, 1.165) is 24.0 Å². The Kier molecular flexibility index (Phi) is 7.05. The number of nitrogens with one attached hydrogen (secondary N) is 1. The van der Waals surface area contributed by atoms with Crippen LogP contribution in [0.15, 0.2) is 55.0 Å². The lowest BCUT2D eigenvalue weighted by molar-refractivity contribution is -0.0871. The molecule has 1 amide bonds. The molecule has 2 fully saturated rings. The van der Waals surface area contributed by atoms with Crippen LogP contribution in [0.2, 0.25) is 0 Å². The fourth-order valence-electron chi connectivity index (χ4n) is 6.79. The summed E-state index contributed by atoms with van der Waals surface area (Å²) >= 11 is 0. The number of nitrogens with zero attached hydrogens (tertiary/aromatic N) is 5. The van der Waals surface area contributed by atoms with Crippen LogP contribution >= 0.6 is 0 Å². The number of aliphatic hydroxyl groups excluding tert-OH is 1. The summed E-state index contributed by atoms with van der Waals surface area (Å²) in [5, 5.41) is 21.2. The van der Waals surface area contributed by atoms with Crippen LogP contribution < -0.4 is 9.64 Å². The number of aliphatic hydroxyl groups is 2. The number of pyridine rings is 1. The molecule has 240 valence electrons. The van der Waals surface area contributed by atoms with E-state index in [2.05, 4.69) is 24.8 Å². The van der Waals surface area contributed by atoms with E-state index in [4.69, 9.17) is 4.74 Å².